The number of nitrogens with zero attached hydrogens (tertiary/aromatic N) is 3. The van der Waals surface area contributed by atoms with Gasteiger partial charge in [0.05, 0.1) is 6.04 Å². The standard InChI is InChI=1S/C10H14FN5/c1-6(2)14-16-15-10(13)7-3-8(11)5-9(12)4-7/h3-6H,12H2,1-2H3,(H2,13,14,15). The second-order valence-corrected chi connectivity index (χ2v) is 3.56. The first-order chi connectivity index (χ1) is 7.49. The molecule has 0 radical (unpaired) electrons. The van der Waals surface area contributed by atoms with Crippen LogP contribution < -0.4 is 11.5 Å². The number of hydrogen-bond donors (Lipinski definition) is 2. The van der Waals surface area contributed by atoms with Gasteiger partial charge in [-0.2, -0.15) is 5.11 Å². The Kier molecular flexibility index (Phi) is 3.93. The van der Waals surface area contributed by atoms with E-state index in [1.807, 2.05) is 13.8 Å². The highest BCUT2D eigenvalue weighted by atomic mass is 19.1. The zero-order valence-corrected chi connectivity index (χ0v) is 9.18. The van der Waals surface area contributed by atoms with Crippen LogP contribution >= 0.6 is 0 Å². The van der Waals surface area contributed by atoms with Gasteiger partial charge in [-0.3, -0.25) is 0 Å². The largest absolute Gasteiger partial charge is 0.399 e. The molecule has 0 aromatic heterocycles. The first-order valence-corrected chi connectivity index (χ1v) is 4.78. The lowest BCUT2D eigenvalue weighted by Gasteiger charge is -2.00. The molecule has 0 unspecified atom stereocenters. The van der Waals surface area contributed by atoms with Crippen LogP contribution in [0.5, 0.6) is 0 Å². The third-order valence-electron chi connectivity index (χ3n) is 1.65. The zero-order valence-electron chi connectivity index (χ0n) is 9.18. The molecule has 0 aliphatic heterocycles. The van der Waals surface area contributed by atoms with Crippen LogP contribution in [-0.4, -0.2) is 11.9 Å². The average molecular weight is 223 g/mol. The molecule has 6 heteroatoms. The van der Waals surface area contributed by atoms with Crippen molar-refractivity contribution in [1.29, 1.82) is 0 Å². The van der Waals surface area contributed by atoms with Gasteiger partial charge >= 0.3 is 0 Å². The lowest BCUT2D eigenvalue weighted by Crippen LogP contribution is -2.13. The van der Waals surface area contributed by atoms with Crippen LogP contribution in [0, 0.1) is 5.82 Å². The molecule has 0 saturated heterocycles. The topological polar surface area (TPSA) is 89.1 Å². The van der Waals surface area contributed by atoms with E-state index in [4.69, 9.17) is 11.5 Å². The number of rotatable bonds is 3. The van der Waals surface area contributed by atoms with Crippen LogP contribution in [0.15, 0.2) is 33.6 Å². The summed E-state index contributed by atoms with van der Waals surface area (Å²) in [5.74, 6) is -0.385. The highest BCUT2D eigenvalue weighted by molar-refractivity contribution is 5.98. The Bertz CT molecular complexity index is 405. The van der Waals surface area contributed by atoms with Gasteiger partial charge < -0.3 is 11.5 Å². The van der Waals surface area contributed by atoms with Gasteiger partial charge in [0, 0.05) is 11.3 Å². The fraction of sp³-hybridized carbons (Fsp3) is 0.300. The first kappa shape index (κ1) is 12.1. The second-order valence-electron chi connectivity index (χ2n) is 3.56. The maximum absolute atomic E-state index is 13.0. The molecule has 1 aromatic rings. The van der Waals surface area contributed by atoms with Crippen molar-refractivity contribution in [2.75, 3.05) is 5.73 Å². The highest BCUT2D eigenvalue weighted by Gasteiger charge is 2.02. The van der Waals surface area contributed by atoms with Gasteiger partial charge in [-0.25, -0.2) is 4.39 Å². The molecule has 5 nitrogen and oxygen atoms in total. The number of amidine groups is 1. The van der Waals surface area contributed by atoms with E-state index in [0.717, 1.165) is 0 Å². The molecule has 0 aliphatic rings. The molecule has 0 atom stereocenters. The Balaban J connectivity index is 2.91. The summed E-state index contributed by atoms with van der Waals surface area (Å²) >= 11 is 0. The number of hydrogen-bond acceptors (Lipinski definition) is 3. The normalized spacial score (nSPS) is 12.6. The summed E-state index contributed by atoms with van der Waals surface area (Å²) in [5, 5.41) is 10.9. The number of nitrogen functional groups attached to an aromatic ring is 1. The van der Waals surface area contributed by atoms with Gasteiger partial charge in [-0.15, -0.1) is 5.10 Å². The van der Waals surface area contributed by atoms with Crippen molar-refractivity contribution in [3.05, 3.63) is 29.6 Å². The number of anilines is 1. The van der Waals surface area contributed by atoms with E-state index in [1.54, 1.807) is 0 Å². The van der Waals surface area contributed by atoms with Gasteiger partial charge in [0.25, 0.3) is 0 Å². The van der Waals surface area contributed by atoms with Crippen LogP contribution in [0.1, 0.15) is 19.4 Å². The molecule has 0 spiro atoms. The monoisotopic (exact) mass is 223 g/mol. The summed E-state index contributed by atoms with van der Waals surface area (Å²) in [6.45, 7) is 3.71. The van der Waals surface area contributed by atoms with Crippen LogP contribution in [0.2, 0.25) is 0 Å². The molecule has 4 N–H and O–H groups in total. The van der Waals surface area contributed by atoms with Crippen molar-refractivity contribution in [3.63, 3.8) is 0 Å². The molecule has 1 aromatic carbocycles. The second kappa shape index (κ2) is 5.20. The number of nitrogens with two attached hydrogens (primary N) is 2. The Hall–Kier alpha value is -1.98. The van der Waals surface area contributed by atoms with Crippen LogP contribution in [0.3, 0.4) is 0 Å². The minimum atomic E-state index is -0.464. The van der Waals surface area contributed by atoms with E-state index < -0.39 is 5.82 Å². The average Bonchev–Trinajstić information content (AvgIpc) is 2.15. The SMILES string of the molecule is CC(C)N=N/N=C(\N)c1cc(N)cc(F)c1. The summed E-state index contributed by atoms with van der Waals surface area (Å²) in [6.07, 6.45) is 0. The van der Waals surface area contributed by atoms with Gasteiger partial charge in [-0.05, 0) is 37.3 Å². The molecule has 0 bridgehead atoms. The quantitative estimate of drug-likeness (QED) is 0.269. The molecule has 16 heavy (non-hydrogen) atoms. The molecule has 86 valence electrons. The Morgan fingerprint density at radius 1 is 1.31 bits per heavy atom. The maximum atomic E-state index is 13.0. The number of halogens is 1. The maximum Gasteiger partial charge on any atom is 0.155 e. The Labute approximate surface area is 93.0 Å². The third-order valence-corrected chi connectivity index (χ3v) is 1.65. The van der Waals surface area contributed by atoms with Gasteiger partial charge in [0.1, 0.15) is 5.82 Å². The van der Waals surface area contributed by atoms with E-state index in [2.05, 4.69) is 15.4 Å². The molecular formula is C10H14FN5. The smallest absolute Gasteiger partial charge is 0.155 e. The predicted molar refractivity (Wildman–Crippen MR) is 61.5 cm³/mol. The fourth-order valence-corrected chi connectivity index (χ4v) is 0.995. The van der Waals surface area contributed by atoms with Crippen molar-refractivity contribution in [2.24, 2.45) is 21.2 Å². The lowest BCUT2D eigenvalue weighted by atomic mass is 10.2. The summed E-state index contributed by atoms with van der Waals surface area (Å²) < 4.78 is 13.0. The predicted octanol–water partition coefficient (Wildman–Crippen LogP) is 1.89. The summed E-state index contributed by atoms with van der Waals surface area (Å²) in [5.41, 5.74) is 11.7. The van der Waals surface area contributed by atoms with E-state index >= 15 is 0 Å². The molecule has 0 saturated carbocycles. The Morgan fingerprint density at radius 2 is 2.00 bits per heavy atom. The van der Waals surface area contributed by atoms with Gasteiger partial charge in [-0.1, -0.05) is 0 Å². The molecule has 0 heterocycles. The summed E-state index contributed by atoms with van der Waals surface area (Å²) in [6, 6.07) is 3.99. The Morgan fingerprint density at radius 3 is 2.56 bits per heavy atom. The molecule has 0 aliphatic carbocycles. The van der Waals surface area contributed by atoms with Crippen molar-refractivity contribution in [1.82, 2.24) is 0 Å². The lowest BCUT2D eigenvalue weighted by molar-refractivity contribution is 0.628. The van der Waals surface area contributed by atoms with E-state index in [1.165, 1.54) is 18.2 Å². The fourth-order valence-electron chi connectivity index (χ4n) is 0.995. The zero-order chi connectivity index (χ0) is 12.1. The minimum Gasteiger partial charge on any atom is -0.399 e. The summed E-state index contributed by atoms with van der Waals surface area (Å²) in [7, 11) is 0. The van der Waals surface area contributed by atoms with Gasteiger partial charge in [0.15, 0.2) is 5.84 Å². The molecule has 0 amide bonds. The van der Waals surface area contributed by atoms with E-state index in [9.17, 15) is 4.39 Å². The molecule has 0 fully saturated rings. The van der Waals surface area contributed by atoms with E-state index in [-0.39, 0.29) is 17.6 Å². The van der Waals surface area contributed by atoms with Crippen LogP contribution in [-0.2, 0) is 0 Å². The highest BCUT2D eigenvalue weighted by Crippen LogP contribution is 2.10. The molecule has 1 rings (SSSR count). The van der Waals surface area contributed by atoms with Crippen molar-refractivity contribution in [3.8, 4) is 0 Å². The summed E-state index contributed by atoms with van der Waals surface area (Å²) in [4.78, 5) is 0. The van der Waals surface area contributed by atoms with Crippen molar-refractivity contribution in [2.45, 2.75) is 19.9 Å². The molecular weight excluding hydrogens is 209 g/mol. The minimum absolute atomic E-state index is 0.0362. The van der Waals surface area contributed by atoms with Gasteiger partial charge in [0.2, 0.25) is 0 Å². The van der Waals surface area contributed by atoms with Crippen LogP contribution in [0.25, 0.3) is 0 Å². The first-order valence-electron chi connectivity index (χ1n) is 4.78. The van der Waals surface area contributed by atoms with Crippen molar-refractivity contribution >= 4 is 11.5 Å². The van der Waals surface area contributed by atoms with Crippen LogP contribution in [0.4, 0.5) is 10.1 Å². The van der Waals surface area contributed by atoms with Crippen molar-refractivity contribution < 1.29 is 4.39 Å². The third kappa shape index (κ3) is 3.64. The van der Waals surface area contributed by atoms with E-state index in [0.29, 0.717) is 5.56 Å². The number of benzene rings is 1.